The maximum absolute atomic E-state index is 12.3. The third kappa shape index (κ3) is 2.98. The molecule has 0 bridgehead atoms. The van der Waals surface area contributed by atoms with Crippen molar-refractivity contribution in [2.75, 3.05) is 7.11 Å². The smallest absolute Gasteiger partial charge is 0.478 e. The third-order valence-corrected chi connectivity index (χ3v) is 1.73. The number of hydrogen-bond donors (Lipinski definition) is 0. The zero-order chi connectivity index (χ0) is 12.3. The number of alkyl halides is 4. The van der Waals surface area contributed by atoms with E-state index in [1.807, 2.05) is 0 Å². The predicted molar refractivity (Wildman–Crippen MR) is 47.0 cm³/mol. The summed E-state index contributed by atoms with van der Waals surface area (Å²) in [6, 6.07) is 1.17. The van der Waals surface area contributed by atoms with Gasteiger partial charge in [-0.25, -0.2) is 9.37 Å². The first-order valence-electron chi connectivity index (χ1n) is 4.23. The minimum Gasteiger partial charge on any atom is -0.478 e. The molecule has 0 amide bonds. The SMILES string of the molecule is COc1nc(CF)cc(C)c1OC(F)(F)F. The summed E-state index contributed by atoms with van der Waals surface area (Å²) in [6.45, 7) is 0.466. The fourth-order valence-electron chi connectivity index (χ4n) is 1.14. The van der Waals surface area contributed by atoms with Crippen LogP contribution in [-0.2, 0) is 6.67 Å². The Labute approximate surface area is 89.0 Å². The van der Waals surface area contributed by atoms with E-state index in [2.05, 4.69) is 14.5 Å². The van der Waals surface area contributed by atoms with Crippen molar-refractivity contribution in [3.8, 4) is 11.6 Å². The number of rotatable bonds is 3. The first-order chi connectivity index (χ1) is 7.37. The summed E-state index contributed by atoms with van der Waals surface area (Å²) in [5.41, 5.74) is 0.0979. The Balaban J connectivity index is 3.16. The van der Waals surface area contributed by atoms with E-state index < -0.39 is 18.8 Å². The van der Waals surface area contributed by atoms with Crippen LogP contribution in [-0.4, -0.2) is 18.5 Å². The van der Waals surface area contributed by atoms with Crippen molar-refractivity contribution in [2.24, 2.45) is 0 Å². The molecule has 0 aliphatic rings. The predicted octanol–water partition coefficient (Wildman–Crippen LogP) is 2.77. The lowest BCUT2D eigenvalue weighted by atomic mass is 10.2. The average Bonchev–Trinajstić information content (AvgIpc) is 2.19. The lowest BCUT2D eigenvalue weighted by Crippen LogP contribution is -2.18. The lowest BCUT2D eigenvalue weighted by molar-refractivity contribution is -0.275. The zero-order valence-electron chi connectivity index (χ0n) is 8.56. The molecule has 0 aromatic carbocycles. The maximum atomic E-state index is 12.3. The number of aryl methyl sites for hydroxylation is 1. The molecule has 1 rings (SSSR count). The number of halogens is 4. The molecule has 1 heterocycles. The Hall–Kier alpha value is -1.53. The highest BCUT2D eigenvalue weighted by molar-refractivity contribution is 5.42. The van der Waals surface area contributed by atoms with Gasteiger partial charge < -0.3 is 9.47 Å². The summed E-state index contributed by atoms with van der Waals surface area (Å²) in [5.74, 6) is -0.933. The molecule has 0 N–H and O–H groups in total. The molecule has 1 aromatic rings. The van der Waals surface area contributed by atoms with Crippen LogP contribution in [0, 0.1) is 6.92 Å². The van der Waals surface area contributed by atoms with Crippen LogP contribution >= 0.6 is 0 Å². The van der Waals surface area contributed by atoms with Crippen molar-refractivity contribution in [3.05, 3.63) is 17.3 Å². The van der Waals surface area contributed by atoms with Crippen LogP contribution in [0.4, 0.5) is 17.6 Å². The second-order valence-electron chi connectivity index (χ2n) is 2.95. The minimum atomic E-state index is -4.84. The standard InChI is InChI=1S/C9H9F4NO2/c1-5-3-6(4-10)14-8(15-2)7(5)16-9(11,12)13/h3H,4H2,1-2H3. The van der Waals surface area contributed by atoms with Gasteiger partial charge in [0.15, 0.2) is 5.75 Å². The maximum Gasteiger partial charge on any atom is 0.573 e. The number of pyridine rings is 1. The molecule has 0 unspecified atom stereocenters. The van der Waals surface area contributed by atoms with Crippen LogP contribution in [0.25, 0.3) is 0 Å². The summed E-state index contributed by atoms with van der Waals surface area (Å²) in [7, 11) is 1.13. The lowest BCUT2D eigenvalue weighted by Gasteiger charge is -2.14. The molecule has 0 aliphatic carbocycles. The van der Waals surface area contributed by atoms with E-state index in [0.29, 0.717) is 0 Å². The normalized spacial score (nSPS) is 11.4. The Morgan fingerprint density at radius 3 is 2.44 bits per heavy atom. The van der Waals surface area contributed by atoms with Crippen molar-refractivity contribution in [1.82, 2.24) is 4.98 Å². The van der Waals surface area contributed by atoms with Gasteiger partial charge in [-0.2, -0.15) is 0 Å². The highest BCUT2D eigenvalue weighted by atomic mass is 19.4. The first-order valence-corrected chi connectivity index (χ1v) is 4.23. The summed E-state index contributed by atoms with van der Waals surface area (Å²) in [6.07, 6.45) is -4.84. The van der Waals surface area contributed by atoms with Gasteiger partial charge >= 0.3 is 6.36 Å². The molecule has 0 radical (unpaired) electrons. The number of ether oxygens (including phenoxy) is 2. The largest absolute Gasteiger partial charge is 0.573 e. The molecule has 90 valence electrons. The molecular formula is C9H9F4NO2. The average molecular weight is 239 g/mol. The van der Waals surface area contributed by atoms with Crippen LogP contribution in [0.1, 0.15) is 11.3 Å². The van der Waals surface area contributed by atoms with Crippen molar-refractivity contribution in [2.45, 2.75) is 20.0 Å². The first kappa shape index (κ1) is 12.5. The van der Waals surface area contributed by atoms with E-state index in [4.69, 9.17) is 0 Å². The van der Waals surface area contributed by atoms with E-state index in [9.17, 15) is 17.6 Å². The Morgan fingerprint density at radius 2 is 2.00 bits per heavy atom. The van der Waals surface area contributed by atoms with E-state index >= 15 is 0 Å². The number of nitrogens with zero attached hydrogens (tertiary/aromatic N) is 1. The summed E-state index contributed by atoms with van der Waals surface area (Å²) in [4.78, 5) is 3.53. The van der Waals surface area contributed by atoms with E-state index in [1.165, 1.54) is 13.0 Å². The van der Waals surface area contributed by atoms with Gasteiger partial charge in [-0.3, -0.25) is 0 Å². The fourth-order valence-corrected chi connectivity index (χ4v) is 1.14. The highest BCUT2D eigenvalue weighted by Crippen LogP contribution is 2.34. The van der Waals surface area contributed by atoms with Crippen LogP contribution < -0.4 is 9.47 Å². The monoisotopic (exact) mass is 239 g/mol. The Kier molecular flexibility index (Phi) is 3.56. The van der Waals surface area contributed by atoms with Crippen molar-refractivity contribution < 1.29 is 27.0 Å². The molecule has 1 aromatic heterocycles. The summed E-state index contributed by atoms with van der Waals surface area (Å²) >= 11 is 0. The van der Waals surface area contributed by atoms with Gasteiger partial charge in [0.05, 0.1) is 12.8 Å². The number of hydrogen-bond acceptors (Lipinski definition) is 3. The number of aromatic nitrogens is 1. The van der Waals surface area contributed by atoms with Gasteiger partial charge in [-0.05, 0) is 18.6 Å². The van der Waals surface area contributed by atoms with Gasteiger partial charge in [0.2, 0.25) is 0 Å². The third-order valence-electron chi connectivity index (χ3n) is 1.73. The van der Waals surface area contributed by atoms with Crippen molar-refractivity contribution in [1.29, 1.82) is 0 Å². The summed E-state index contributed by atoms with van der Waals surface area (Å²) < 4.78 is 56.8. The topological polar surface area (TPSA) is 31.4 Å². The highest BCUT2D eigenvalue weighted by Gasteiger charge is 2.33. The molecule has 0 aliphatic heterocycles. The molecule has 7 heteroatoms. The summed E-state index contributed by atoms with van der Waals surface area (Å²) in [5, 5.41) is 0. The Bertz CT molecular complexity index is 379. The molecule has 0 spiro atoms. The molecule has 0 saturated heterocycles. The fraction of sp³-hybridized carbons (Fsp3) is 0.444. The minimum absolute atomic E-state index is 0.0103. The van der Waals surface area contributed by atoms with E-state index in [1.54, 1.807) is 0 Å². The van der Waals surface area contributed by atoms with Gasteiger partial charge in [0.1, 0.15) is 6.67 Å². The van der Waals surface area contributed by atoms with Crippen molar-refractivity contribution >= 4 is 0 Å². The van der Waals surface area contributed by atoms with Gasteiger partial charge in [-0.1, -0.05) is 0 Å². The van der Waals surface area contributed by atoms with Crippen LogP contribution in [0.3, 0.4) is 0 Å². The zero-order valence-corrected chi connectivity index (χ0v) is 8.56. The quantitative estimate of drug-likeness (QED) is 0.760. The molecular weight excluding hydrogens is 230 g/mol. The number of methoxy groups -OCH3 is 1. The van der Waals surface area contributed by atoms with E-state index in [-0.39, 0.29) is 17.1 Å². The molecule has 16 heavy (non-hydrogen) atoms. The van der Waals surface area contributed by atoms with Gasteiger partial charge in [0, 0.05) is 0 Å². The Morgan fingerprint density at radius 1 is 1.38 bits per heavy atom. The molecule has 0 saturated carbocycles. The van der Waals surface area contributed by atoms with Crippen molar-refractivity contribution in [3.63, 3.8) is 0 Å². The second kappa shape index (κ2) is 4.54. The van der Waals surface area contributed by atoms with Crippen LogP contribution in [0.2, 0.25) is 0 Å². The molecule has 0 fully saturated rings. The van der Waals surface area contributed by atoms with Crippen LogP contribution in [0.5, 0.6) is 11.6 Å². The van der Waals surface area contributed by atoms with Gasteiger partial charge in [-0.15, -0.1) is 13.2 Å². The van der Waals surface area contributed by atoms with Gasteiger partial charge in [0.25, 0.3) is 5.88 Å². The molecule has 3 nitrogen and oxygen atoms in total. The molecule has 0 atom stereocenters. The van der Waals surface area contributed by atoms with Crippen LogP contribution in [0.15, 0.2) is 6.07 Å². The van der Waals surface area contributed by atoms with E-state index in [0.717, 1.165) is 7.11 Å². The second-order valence-corrected chi connectivity index (χ2v) is 2.95.